The fourth-order valence-corrected chi connectivity index (χ4v) is 4.11. The summed E-state index contributed by atoms with van der Waals surface area (Å²) in [6, 6.07) is 2.09. The van der Waals surface area contributed by atoms with E-state index in [1.807, 2.05) is 12.2 Å². The number of amides is 1. The molecule has 0 saturated heterocycles. The van der Waals surface area contributed by atoms with Crippen molar-refractivity contribution in [1.82, 2.24) is 4.98 Å². The van der Waals surface area contributed by atoms with Gasteiger partial charge in [0.2, 0.25) is 0 Å². The molecule has 0 aliphatic heterocycles. The largest absolute Gasteiger partial charge is 0.491 e. The molecule has 2 N–H and O–H groups in total. The lowest BCUT2D eigenvalue weighted by molar-refractivity contribution is 0.0699. The zero-order chi connectivity index (χ0) is 21.4. The van der Waals surface area contributed by atoms with E-state index in [2.05, 4.69) is 10.3 Å². The van der Waals surface area contributed by atoms with Gasteiger partial charge in [0, 0.05) is 10.9 Å². The van der Waals surface area contributed by atoms with Crippen molar-refractivity contribution >= 4 is 41.1 Å². The van der Waals surface area contributed by atoms with E-state index in [0.29, 0.717) is 10.8 Å². The number of carboxylic acid groups (broad SMARTS) is 1. The van der Waals surface area contributed by atoms with E-state index in [1.54, 1.807) is 0 Å². The highest BCUT2D eigenvalue weighted by atomic mass is 32.1. The Bertz CT molecular complexity index is 1260. The maximum Gasteiger partial charge on any atom is 0.339 e. The first-order valence-electron chi connectivity index (χ1n) is 8.76. The second-order valence-corrected chi connectivity index (χ2v) is 7.19. The van der Waals surface area contributed by atoms with Crippen LogP contribution in [0.4, 0.5) is 14.5 Å². The molecule has 3 aromatic rings. The summed E-state index contributed by atoms with van der Waals surface area (Å²) in [5, 5.41) is 14.0. The van der Waals surface area contributed by atoms with Gasteiger partial charge in [-0.1, -0.05) is 6.08 Å². The average molecular weight is 432 g/mol. The zero-order valence-electron chi connectivity index (χ0n) is 15.5. The van der Waals surface area contributed by atoms with Gasteiger partial charge in [-0.3, -0.25) is 4.79 Å². The molecule has 1 aliphatic carbocycles. The molecule has 2 aromatic heterocycles. The Morgan fingerprint density at radius 1 is 1.27 bits per heavy atom. The molecular weight excluding hydrogens is 418 g/mol. The van der Waals surface area contributed by atoms with Crippen molar-refractivity contribution < 1.29 is 32.6 Å². The van der Waals surface area contributed by atoms with Crippen LogP contribution in [0.5, 0.6) is 5.75 Å². The molecule has 1 aliphatic rings. The van der Waals surface area contributed by atoms with Crippen LogP contribution < -0.4 is 20.8 Å². The number of carboxylic acids is 1. The zero-order valence-corrected chi connectivity index (χ0v) is 16.3. The molecule has 4 rings (SSSR count). The fraction of sp³-hybridized carbons (Fsp3) is 0.150. The lowest BCUT2D eigenvalue weighted by atomic mass is 10.1. The van der Waals surface area contributed by atoms with Crippen molar-refractivity contribution in [3.8, 4) is 16.2 Å². The number of carbonyl (C=O) groups excluding carboxylic acids is 1. The van der Waals surface area contributed by atoms with Gasteiger partial charge < -0.3 is 19.6 Å². The number of oxazole rings is 1. The summed E-state index contributed by atoms with van der Waals surface area (Å²) in [4.78, 5) is 28.5. The molecular formula is C20H14F2N2O5S. The van der Waals surface area contributed by atoms with Gasteiger partial charge in [-0.25, -0.2) is 18.6 Å². The van der Waals surface area contributed by atoms with Crippen LogP contribution in [0.2, 0.25) is 0 Å². The van der Waals surface area contributed by atoms with Crippen LogP contribution in [0.1, 0.15) is 33.9 Å². The highest BCUT2D eigenvalue weighted by Crippen LogP contribution is 2.40. The van der Waals surface area contributed by atoms with Crippen molar-refractivity contribution in [2.24, 2.45) is 0 Å². The number of thiophene rings is 1. The minimum atomic E-state index is -1.39. The SMILES string of the molecule is COc1c(F)ccc(-c2scc(NC(=O)c3nc4c(o3)=CCCC=4)c2C(=O)O)c1F. The number of benzene rings is 1. The predicted molar refractivity (Wildman–Crippen MR) is 105 cm³/mol. The maximum atomic E-state index is 14.7. The van der Waals surface area contributed by atoms with Gasteiger partial charge in [-0.2, -0.15) is 0 Å². The van der Waals surface area contributed by atoms with E-state index in [-0.39, 0.29) is 27.6 Å². The third-order valence-electron chi connectivity index (χ3n) is 4.46. The average Bonchev–Trinajstić information content (AvgIpc) is 3.32. The Balaban J connectivity index is 1.73. The van der Waals surface area contributed by atoms with Gasteiger partial charge in [0.25, 0.3) is 5.89 Å². The number of carbonyl (C=O) groups is 2. The summed E-state index contributed by atoms with van der Waals surface area (Å²) in [6.45, 7) is 0. The number of fused-ring (bicyclic) bond motifs is 1. The normalized spacial score (nSPS) is 12.5. The number of nitrogens with one attached hydrogen (secondary N) is 1. The highest BCUT2D eigenvalue weighted by Gasteiger charge is 2.26. The Morgan fingerprint density at radius 2 is 2.03 bits per heavy atom. The molecule has 30 heavy (non-hydrogen) atoms. The van der Waals surface area contributed by atoms with Crippen LogP contribution in [-0.4, -0.2) is 29.1 Å². The molecule has 0 fully saturated rings. The minimum absolute atomic E-state index is 0.00182. The standard InChI is InChI=1S/C20H14F2N2O5S/c1-28-16-10(21)7-6-9(15(16)22)17-14(20(26)27)12(8-30-17)23-18(25)19-24-11-4-2-3-5-13(11)29-19/h4-8H,2-3H2,1H3,(H,23,25)(H,26,27). The maximum absolute atomic E-state index is 14.7. The van der Waals surface area contributed by atoms with Gasteiger partial charge in [-0.05, 0) is 31.1 Å². The van der Waals surface area contributed by atoms with Gasteiger partial charge in [-0.15, -0.1) is 11.3 Å². The summed E-state index contributed by atoms with van der Waals surface area (Å²) in [6.07, 6.45) is 5.21. The van der Waals surface area contributed by atoms with Gasteiger partial charge in [0.05, 0.1) is 17.7 Å². The van der Waals surface area contributed by atoms with Crippen molar-refractivity contribution in [1.29, 1.82) is 0 Å². The number of anilines is 1. The summed E-state index contributed by atoms with van der Waals surface area (Å²) in [7, 11) is 1.11. The number of hydrogen-bond acceptors (Lipinski definition) is 6. The molecule has 0 saturated carbocycles. The van der Waals surface area contributed by atoms with E-state index >= 15 is 0 Å². The molecule has 0 spiro atoms. The first-order valence-corrected chi connectivity index (χ1v) is 9.64. The highest BCUT2D eigenvalue weighted by molar-refractivity contribution is 7.14. The number of rotatable bonds is 5. The summed E-state index contributed by atoms with van der Waals surface area (Å²) in [5.41, 5.74) is -0.0713. The number of nitrogens with zero attached hydrogens (tertiary/aromatic N) is 1. The van der Waals surface area contributed by atoms with E-state index < -0.39 is 29.3 Å². The van der Waals surface area contributed by atoms with Crippen LogP contribution in [0.25, 0.3) is 22.6 Å². The van der Waals surface area contributed by atoms with Gasteiger partial charge in [0.1, 0.15) is 10.9 Å². The quantitative estimate of drug-likeness (QED) is 0.643. The number of halogens is 2. The topological polar surface area (TPSA) is 102 Å². The van der Waals surface area contributed by atoms with Crippen LogP contribution in [0, 0.1) is 11.6 Å². The third-order valence-corrected chi connectivity index (χ3v) is 5.47. The van der Waals surface area contributed by atoms with Crippen molar-refractivity contribution in [2.75, 3.05) is 12.4 Å². The van der Waals surface area contributed by atoms with Gasteiger partial charge in [0.15, 0.2) is 22.8 Å². The Labute approximate surface area is 171 Å². The molecule has 10 heteroatoms. The van der Waals surface area contributed by atoms with Crippen LogP contribution in [-0.2, 0) is 0 Å². The van der Waals surface area contributed by atoms with E-state index in [4.69, 9.17) is 9.15 Å². The number of hydrogen-bond donors (Lipinski definition) is 2. The van der Waals surface area contributed by atoms with E-state index in [0.717, 1.165) is 43.4 Å². The van der Waals surface area contributed by atoms with Gasteiger partial charge >= 0.3 is 11.9 Å². The van der Waals surface area contributed by atoms with Crippen LogP contribution in [0.3, 0.4) is 0 Å². The Kier molecular flexibility index (Phi) is 5.08. The Hall–Kier alpha value is -3.53. The molecule has 2 heterocycles. The summed E-state index contributed by atoms with van der Waals surface area (Å²) >= 11 is 0.884. The number of methoxy groups -OCH3 is 1. The number of aromatic nitrogens is 1. The second-order valence-electron chi connectivity index (χ2n) is 6.31. The summed E-state index contributed by atoms with van der Waals surface area (Å²) < 4.78 is 38.5. The minimum Gasteiger partial charge on any atom is -0.491 e. The number of aromatic carboxylic acids is 1. The molecule has 0 atom stereocenters. The molecule has 1 amide bonds. The molecule has 0 bridgehead atoms. The Morgan fingerprint density at radius 3 is 2.73 bits per heavy atom. The molecule has 154 valence electrons. The molecule has 0 radical (unpaired) electrons. The van der Waals surface area contributed by atoms with Crippen LogP contribution in [0.15, 0.2) is 21.9 Å². The van der Waals surface area contributed by atoms with E-state index in [1.165, 1.54) is 5.38 Å². The predicted octanol–water partition coefficient (Wildman–Crippen LogP) is 3.00. The van der Waals surface area contributed by atoms with Crippen molar-refractivity contribution in [3.63, 3.8) is 0 Å². The molecule has 0 unspecified atom stereocenters. The molecule has 7 nitrogen and oxygen atoms in total. The molecule has 1 aromatic carbocycles. The first kappa shape index (κ1) is 19.8. The second kappa shape index (κ2) is 7.71. The van der Waals surface area contributed by atoms with Crippen LogP contribution >= 0.6 is 11.3 Å². The van der Waals surface area contributed by atoms with E-state index in [9.17, 15) is 23.5 Å². The lowest BCUT2D eigenvalue weighted by Crippen LogP contribution is -2.24. The summed E-state index contributed by atoms with van der Waals surface area (Å²) in [5.74, 6) is -4.92. The lowest BCUT2D eigenvalue weighted by Gasteiger charge is -2.09. The number of ether oxygens (including phenoxy) is 1. The van der Waals surface area contributed by atoms with Crippen molar-refractivity contribution in [2.45, 2.75) is 12.8 Å². The first-order chi connectivity index (χ1) is 14.4. The third kappa shape index (κ3) is 3.35. The smallest absolute Gasteiger partial charge is 0.339 e. The van der Waals surface area contributed by atoms with Crippen molar-refractivity contribution in [3.05, 3.63) is 51.4 Å². The fourth-order valence-electron chi connectivity index (χ4n) is 3.10. The monoisotopic (exact) mass is 432 g/mol.